The summed E-state index contributed by atoms with van der Waals surface area (Å²) in [5.41, 5.74) is 27.5. The third kappa shape index (κ3) is 11.4. The van der Waals surface area contributed by atoms with E-state index in [9.17, 15) is 0 Å². The van der Waals surface area contributed by atoms with E-state index in [2.05, 4.69) is 344 Å². The van der Waals surface area contributed by atoms with Gasteiger partial charge in [0.1, 0.15) is 41.0 Å². The number of aryl methyl sites for hydroxylation is 4. The first-order valence-corrected chi connectivity index (χ1v) is 38.2. The lowest BCUT2D eigenvalue weighted by molar-refractivity contribution is 0.147. The Kier molecular flexibility index (Phi) is 16.3. The van der Waals surface area contributed by atoms with Gasteiger partial charge >= 0.3 is 0 Å². The van der Waals surface area contributed by atoms with E-state index < -0.39 is 10.8 Å². The predicted molar refractivity (Wildman–Crippen MR) is 438 cm³/mol. The zero-order valence-electron chi connectivity index (χ0n) is 60.0. The van der Waals surface area contributed by atoms with Gasteiger partial charge < -0.3 is 28.7 Å². The number of anilines is 6. The fraction of sp³-hybridized carbons (Fsp3) is 0.118. The van der Waals surface area contributed by atoms with Crippen molar-refractivity contribution in [2.75, 3.05) is 9.80 Å². The Balaban J connectivity index is 0.646. The molecule has 20 rings (SSSR count). The van der Waals surface area contributed by atoms with Crippen LogP contribution in [0.2, 0.25) is 0 Å². The highest BCUT2D eigenvalue weighted by molar-refractivity contribution is 5.92. The summed E-state index contributed by atoms with van der Waals surface area (Å²) in [7, 11) is 0. The summed E-state index contributed by atoms with van der Waals surface area (Å²) in [5.74, 6) is 5.25. The van der Waals surface area contributed by atoms with Crippen LogP contribution in [0.3, 0.4) is 0 Å². The van der Waals surface area contributed by atoms with E-state index in [1.165, 1.54) is 83.5 Å². The third-order valence-electron chi connectivity index (χ3n) is 23.2. The van der Waals surface area contributed by atoms with E-state index in [1.807, 2.05) is 30.3 Å². The van der Waals surface area contributed by atoms with Crippen LogP contribution in [0.1, 0.15) is 81.3 Å². The minimum atomic E-state index is -0.683. The molecule has 4 atom stereocenters. The largest absolute Gasteiger partial charge is 0.490 e. The Morgan fingerprint density at radius 1 is 0.306 bits per heavy atom. The van der Waals surface area contributed by atoms with Crippen LogP contribution in [0.25, 0.3) is 33.4 Å². The highest BCUT2D eigenvalue weighted by Gasteiger charge is 2.49. The monoisotopic (exact) mass is 1390 g/mol. The van der Waals surface area contributed by atoms with Crippen molar-refractivity contribution in [2.45, 2.75) is 74.4 Å². The van der Waals surface area contributed by atoms with Crippen molar-refractivity contribution in [1.82, 2.24) is 0 Å². The molecule has 0 saturated heterocycles. The van der Waals surface area contributed by atoms with Crippen LogP contribution in [-0.4, -0.2) is 12.2 Å². The van der Waals surface area contributed by atoms with Crippen LogP contribution in [0.4, 0.5) is 34.1 Å². The molecule has 0 fully saturated rings. The molecule has 7 aliphatic rings. The number of nitrogens with zero attached hydrogens (tertiary/aromatic N) is 2. The van der Waals surface area contributed by atoms with Crippen LogP contribution >= 0.6 is 0 Å². The van der Waals surface area contributed by atoms with Crippen molar-refractivity contribution < 1.29 is 18.9 Å². The number of hydrogen-bond acceptors (Lipinski definition) is 6. The number of benzene rings is 13. The number of allylic oxidation sites excluding steroid dienone is 8. The highest BCUT2D eigenvalue weighted by Crippen LogP contribution is 2.61. The molecule has 6 heteroatoms. The molecule has 4 unspecified atom stereocenters. The summed E-state index contributed by atoms with van der Waals surface area (Å²) in [5, 5.41) is 0. The number of fused-ring (bicyclic) bond motifs is 8. The van der Waals surface area contributed by atoms with Gasteiger partial charge in [0.2, 0.25) is 0 Å². The molecular formula is C102H78N2O4. The van der Waals surface area contributed by atoms with E-state index in [0.717, 1.165) is 137 Å². The minimum absolute atomic E-state index is 0.0625. The second-order valence-electron chi connectivity index (χ2n) is 29.3. The van der Waals surface area contributed by atoms with Crippen LogP contribution in [0, 0.1) is 0 Å². The Morgan fingerprint density at radius 3 is 1.18 bits per heavy atom. The maximum Gasteiger partial charge on any atom is 0.127 e. The van der Waals surface area contributed by atoms with Crippen molar-refractivity contribution >= 4 is 34.1 Å². The van der Waals surface area contributed by atoms with Gasteiger partial charge in [-0.25, -0.2) is 0 Å². The molecule has 108 heavy (non-hydrogen) atoms. The van der Waals surface area contributed by atoms with E-state index in [0.29, 0.717) is 0 Å². The first-order chi connectivity index (χ1) is 53.4. The predicted octanol–water partition coefficient (Wildman–Crippen LogP) is 25.5. The highest BCUT2D eigenvalue weighted by atomic mass is 16.5. The summed E-state index contributed by atoms with van der Waals surface area (Å²) < 4.78 is 26.5. The zero-order chi connectivity index (χ0) is 71.5. The van der Waals surface area contributed by atoms with Gasteiger partial charge in [0, 0.05) is 53.4 Å². The topological polar surface area (TPSA) is 43.4 Å². The van der Waals surface area contributed by atoms with Gasteiger partial charge in [-0.2, -0.15) is 0 Å². The van der Waals surface area contributed by atoms with Crippen LogP contribution in [0.5, 0.6) is 28.7 Å². The van der Waals surface area contributed by atoms with E-state index >= 15 is 0 Å². The first-order valence-electron chi connectivity index (χ1n) is 38.2. The minimum Gasteiger partial charge on any atom is -0.490 e. The number of rotatable bonds is 19. The van der Waals surface area contributed by atoms with Gasteiger partial charge in [-0.3, -0.25) is 0 Å². The van der Waals surface area contributed by atoms with Gasteiger partial charge in [-0.15, -0.1) is 0 Å². The summed E-state index contributed by atoms with van der Waals surface area (Å²) in [4.78, 5) is 4.81. The van der Waals surface area contributed by atoms with Crippen molar-refractivity contribution in [2.24, 2.45) is 0 Å². The lowest BCUT2D eigenvalue weighted by atomic mass is 9.66. The van der Waals surface area contributed by atoms with Crippen molar-refractivity contribution in [3.05, 3.63) is 437 Å². The molecule has 0 N–H and O–H groups in total. The van der Waals surface area contributed by atoms with Crippen LogP contribution in [0.15, 0.2) is 381 Å². The molecule has 0 heterocycles. The molecule has 0 aromatic heterocycles. The number of hydrogen-bond donors (Lipinski definition) is 0. The van der Waals surface area contributed by atoms with Gasteiger partial charge in [0.25, 0.3) is 0 Å². The van der Waals surface area contributed by atoms with Crippen LogP contribution < -0.4 is 24.0 Å². The van der Waals surface area contributed by atoms with E-state index in [-0.39, 0.29) is 12.2 Å². The Hall–Kier alpha value is -12.9. The molecule has 0 radical (unpaired) electrons. The average Bonchev–Trinajstić information content (AvgIpc) is 1.54. The molecule has 0 bridgehead atoms. The Bertz CT molecular complexity index is 5810. The zero-order valence-corrected chi connectivity index (χ0v) is 60.0. The molecule has 7 aliphatic carbocycles. The molecule has 0 saturated carbocycles. The number of para-hydroxylation sites is 3. The molecular weight excluding hydrogens is 1320 g/mol. The summed E-state index contributed by atoms with van der Waals surface area (Å²) in [6, 6.07) is 113. The van der Waals surface area contributed by atoms with E-state index in [1.54, 1.807) is 0 Å². The normalized spacial score (nSPS) is 18.6. The standard InChI is InChI=1S/C102H78N2O4/c1-5-17-79(18-6-1)103(83-51-63-95-93-25-13-15-27-97(93)101(99(95)67-83,75-39-55-87(56-40-75)105-85-21-9-3-10-22-85)77-43-59-89(60-44-77)107-91-53-37-71-29-31-73(71)65-91)81-47-33-69(34-48-81)70-35-49-82(50-36-70)104(80-19-7-2-8-20-80)84-52-64-96-94-26-14-16-28-98(94)102(100(96)68-84,76-41-57-88(58-42-76)106-86-23-11-4-12-24-86)78-45-61-90(62-46-78)108-92-54-38-72-30-32-74(72)66-92/h1-11,13-23,25-28,33-57,59,61-68,88-89H,12,24,29-32,58,60H2. The Labute approximate surface area is 632 Å². The van der Waals surface area contributed by atoms with Crippen molar-refractivity contribution in [3.63, 3.8) is 0 Å². The lowest BCUT2D eigenvalue weighted by Crippen LogP contribution is -2.31. The average molecular weight is 1400 g/mol. The fourth-order valence-electron chi connectivity index (χ4n) is 17.8. The molecule has 0 amide bonds. The van der Waals surface area contributed by atoms with Gasteiger partial charge in [0.05, 0.1) is 16.6 Å². The number of ether oxygens (including phenoxy) is 4. The van der Waals surface area contributed by atoms with Crippen molar-refractivity contribution in [3.8, 4) is 62.1 Å². The SMILES string of the molecule is C1=CCCC(OC2C=CC(C3(c4ccc(Oc5ccc6c(c5)CC6)cc4)c4ccccc4-c4ccc(N(c5ccccc5)c5ccc(-c6ccc(N(c7ccccc7)c7ccc8c(c7)C(C7=CCC(Oc9ccc%10c(c9)CC%10)C=C7)(c7ccc(Oc9ccccc9)cc7)c7ccccc7-8)cc6)cc5)cc43)=CC2)=C1. The molecule has 0 aliphatic heterocycles. The van der Waals surface area contributed by atoms with Gasteiger partial charge in [0.15, 0.2) is 0 Å². The quantitative estimate of drug-likeness (QED) is 0.0804. The molecule has 0 spiro atoms. The second kappa shape index (κ2) is 27.2. The van der Waals surface area contributed by atoms with Gasteiger partial charge in [-0.05, 0) is 284 Å². The molecule has 520 valence electrons. The smallest absolute Gasteiger partial charge is 0.127 e. The van der Waals surface area contributed by atoms with Gasteiger partial charge in [-0.1, -0.05) is 212 Å². The molecule has 6 nitrogen and oxygen atoms in total. The fourth-order valence-corrected chi connectivity index (χ4v) is 17.8. The summed E-state index contributed by atoms with van der Waals surface area (Å²) in [6.45, 7) is 0. The summed E-state index contributed by atoms with van der Waals surface area (Å²) in [6.07, 6.45) is 28.3. The van der Waals surface area contributed by atoms with E-state index in [4.69, 9.17) is 18.9 Å². The maximum absolute atomic E-state index is 6.74. The van der Waals surface area contributed by atoms with Crippen molar-refractivity contribution in [1.29, 1.82) is 0 Å². The molecule has 13 aromatic rings. The maximum atomic E-state index is 6.74. The third-order valence-corrected chi connectivity index (χ3v) is 23.2. The van der Waals surface area contributed by atoms with Crippen LogP contribution in [-0.2, 0) is 41.3 Å². The second-order valence-corrected chi connectivity index (χ2v) is 29.3. The molecule has 13 aromatic carbocycles. The summed E-state index contributed by atoms with van der Waals surface area (Å²) >= 11 is 0. The first kappa shape index (κ1) is 64.7. The lowest BCUT2D eigenvalue weighted by Gasteiger charge is -2.37. The Morgan fingerprint density at radius 2 is 0.713 bits per heavy atom.